The molecule has 1 aromatic carbocycles. The zero-order valence-corrected chi connectivity index (χ0v) is 14.7. The number of fused-ring (bicyclic) bond motifs is 1. The highest BCUT2D eigenvalue weighted by Crippen LogP contribution is 2.36. The van der Waals surface area contributed by atoms with E-state index >= 15 is 0 Å². The number of amides is 1. The quantitative estimate of drug-likeness (QED) is 0.901. The Bertz CT molecular complexity index is 748. The molecule has 1 saturated carbocycles. The minimum atomic E-state index is -0.0511. The van der Waals surface area contributed by atoms with Crippen molar-refractivity contribution in [3.63, 3.8) is 0 Å². The number of benzene rings is 1. The first-order valence-electron chi connectivity index (χ1n) is 9.48. The van der Waals surface area contributed by atoms with Crippen LogP contribution in [0.1, 0.15) is 53.9 Å². The number of ether oxygens (including phenoxy) is 1. The van der Waals surface area contributed by atoms with Gasteiger partial charge in [-0.05, 0) is 36.5 Å². The molecule has 1 aromatic heterocycles. The molecule has 1 saturated heterocycles. The number of aromatic nitrogens is 1. The maximum absolute atomic E-state index is 12.8. The fourth-order valence-electron chi connectivity index (χ4n) is 4.26. The molecule has 2 heterocycles. The summed E-state index contributed by atoms with van der Waals surface area (Å²) in [6, 6.07) is 6.08. The number of hydrogen-bond donors (Lipinski definition) is 2. The van der Waals surface area contributed by atoms with Crippen molar-refractivity contribution in [2.75, 3.05) is 26.2 Å². The van der Waals surface area contributed by atoms with Gasteiger partial charge in [0.25, 0.3) is 5.91 Å². The Morgan fingerprint density at radius 1 is 1.28 bits per heavy atom. The van der Waals surface area contributed by atoms with E-state index in [1.165, 1.54) is 43.1 Å². The van der Waals surface area contributed by atoms with Crippen LogP contribution in [0, 0.1) is 0 Å². The van der Waals surface area contributed by atoms with Crippen LogP contribution in [-0.4, -0.2) is 48.1 Å². The van der Waals surface area contributed by atoms with Crippen LogP contribution >= 0.6 is 0 Å². The molecular weight excluding hydrogens is 314 g/mol. The lowest BCUT2D eigenvalue weighted by atomic mass is 9.84. The van der Waals surface area contributed by atoms with Crippen molar-refractivity contribution in [2.45, 2.75) is 44.1 Å². The van der Waals surface area contributed by atoms with Crippen LogP contribution in [0.4, 0.5) is 0 Å². The number of H-pyrrole nitrogens is 1. The molecule has 5 heteroatoms. The molecule has 25 heavy (non-hydrogen) atoms. The molecule has 5 nitrogen and oxygen atoms in total. The topological polar surface area (TPSA) is 71.3 Å². The second-order valence-electron chi connectivity index (χ2n) is 7.32. The van der Waals surface area contributed by atoms with Crippen LogP contribution in [0.25, 0.3) is 10.9 Å². The van der Waals surface area contributed by atoms with Gasteiger partial charge in [-0.1, -0.05) is 25.3 Å². The third-order valence-corrected chi connectivity index (χ3v) is 5.69. The monoisotopic (exact) mass is 341 g/mol. The Morgan fingerprint density at radius 2 is 2.12 bits per heavy atom. The van der Waals surface area contributed by atoms with Crippen LogP contribution in [-0.2, 0) is 4.74 Å². The number of aromatic amines is 1. The minimum absolute atomic E-state index is 0.0511. The number of nitrogens with zero attached hydrogens (tertiary/aromatic N) is 1. The van der Waals surface area contributed by atoms with Crippen LogP contribution in [0.15, 0.2) is 24.4 Å². The SMILES string of the molecule is NC[C@H]1CN(C(=O)c2ccc3c(C4CCCCC4)c[nH]c3c2)CCO1. The van der Waals surface area contributed by atoms with E-state index in [4.69, 9.17) is 10.5 Å². The molecule has 2 aromatic rings. The normalized spacial score (nSPS) is 22.4. The van der Waals surface area contributed by atoms with Gasteiger partial charge in [-0.25, -0.2) is 0 Å². The van der Waals surface area contributed by atoms with E-state index in [2.05, 4.69) is 17.2 Å². The zero-order chi connectivity index (χ0) is 17.2. The number of morpholine rings is 1. The lowest BCUT2D eigenvalue weighted by Crippen LogP contribution is -2.48. The van der Waals surface area contributed by atoms with E-state index in [1.54, 1.807) is 0 Å². The van der Waals surface area contributed by atoms with Gasteiger partial charge < -0.3 is 20.4 Å². The predicted octanol–water partition coefficient (Wildman–Crippen LogP) is 3.02. The molecular formula is C20H27N3O2. The molecule has 0 radical (unpaired) electrons. The second-order valence-corrected chi connectivity index (χ2v) is 7.32. The van der Waals surface area contributed by atoms with E-state index in [-0.39, 0.29) is 12.0 Å². The average molecular weight is 341 g/mol. The van der Waals surface area contributed by atoms with Crippen LogP contribution in [0.5, 0.6) is 0 Å². The minimum Gasteiger partial charge on any atom is -0.373 e. The molecule has 1 atom stereocenters. The van der Waals surface area contributed by atoms with Gasteiger partial charge in [0.1, 0.15) is 0 Å². The summed E-state index contributed by atoms with van der Waals surface area (Å²) in [4.78, 5) is 18.1. The van der Waals surface area contributed by atoms with Crippen molar-refractivity contribution in [1.82, 2.24) is 9.88 Å². The molecule has 4 rings (SSSR count). The third kappa shape index (κ3) is 3.31. The van der Waals surface area contributed by atoms with Gasteiger partial charge >= 0.3 is 0 Å². The second kappa shape index (κ2) is 7.18. The van der Waals surface area contributed by atoms with Crippen molar-refractivity contribution in [2.24, 2.45) is 5.73 Å². The Morgan fingerprint density at radius 3 is 2.92 bits per heavy atom. The summed E-state index contributed by atoms with van der Waals surface area (Å²) < 4.78 is 5.56. The van der Waals surface area contributed by atoms with Crippen LogP contribution in [0.2, 0.25) is 0 Å². The summed E-state index contributed by atoms with van der Waals surface area (Å²) in [6.45, 7) is 2.21. The molecule has 3 N–H and O–H groups in total. The Labute approximate surface area is 148 Å². The van der Waals surface area contributed by atoms with E-state index in [0.717, 1.165) is 11.1 Å². The Kier molecular flexibility index (Phi) is 4.77. The molecule has 0 unspecified atom stereocenters. The fraction of sp³-hybridized carbons (Fsp3) is 0.550. The van der Waals surface area contributed by atoms with Crippen molar-refractivity contribution < 1.29 is 9.53 Å². The third-order valence-electron chi connectivity index (χ3n) is 5.69. The number of hydrogen-bond acceptors (Lipinski definition) is 3. The maximum Gasteiger partial charge on any atom is 0.254 e. The highest BCUT2D eigenvalue weighted by molar-refractivity contribution is 5.98. The summed E-state index contributed by atoms with van der Waals surface area (Å²) in [5, 5.41) is 1.27. The Hall–Kier alpha value is -1.85. The highest BCUT2D eigenvalue weighted by atomic mass is 16.5. The first-order chi connectivity index (χ1) is 12.3. The van der Waals surface area contributed by atoms with Gasteiger partial charge in [0.2, 0.25) is 0 Å². The van der Waals surface area contributed by atoms with Gasteiger partial charge in [0.05, 0.1) is 12.7 Å². The Balaban J connectivity index is 1.56. The molecule has 1 aliphatic carbocycles. The summed E-state index contributed by atoms with van der Waals surface area (Å²) in [5.74, 6) is 0.728. The molecule has 0 spiro atoms. The van der Waals surface area contributed by atoms with E-state index in [0.29, 0.717) is 32.2 Å². The van der Waals surface area contributed by atoms with Crippen molar-refractivity contribution in [3.05, 3.63) is 35.5 Å². The van der Waals surface area contributed by atoms with Gasteiger partial charge in [0, 0.05) is 42.3 Å². The largest absolute Gasteiger partial charge is 0.373 e. The van der Waals surface area contributed by atoms with Gasteiger partial charge in [-0.3, -0.25) is 4.79 Å². The number of carbonyl (C=O) groups is 1. The molecule has 2 aliphatic rings. The van der Waals surface area contributed by atoms with Crippen molar-refractivity contribution in [1.29, 1.82) is 0 Å². The molecule has 1 amide bonds. The summed E-state index contributed by atoms with van der Waals surface area (Å²) in [6.07, 6.45) is 8.67. The zero-order valence-electron chi connectivity index (χ0n) is 14.7. The number of carbonyl (C=O) groups excluding carboxylic acids is 1. The predicted molar refractivity (Wildman–Crippen MR) is 98.8 cm³/mol. The molecule has 1 aliphatic heterocycles. The maximum atomic E-state index is 12.8. The molecule has 134 valence electrons. The lowest BCUT2D eigenvalue weighted by Gasteiger charge is -2.32. The lowest BCUT2D eigenvalue weighted by molar-refractivity contribution is -0.0167. The van der Waals surface area contributed by atoms with Crippen molar-refractivity contribution >= 4 is 16.8 Å². The van der Waals surface area contributed by atoms with Gasteiger partial charge in [-0.15, -0.1) is 0 Å². The summed E-state index contributed by atoms with van der Waals surface area (Å²) in [7, 11) is 0. The smallest absolute Gasteiger partial charge is 0.254 e. The van der Waals surface area contributed by atoms with E-state index < -0.39 is 0 Å². The summed E-state index contributed by atoms with van der Waals surface area (Å²) >= 11 is 0. The summed E-state index contributed by atoms with van der Waals surface area (Å²) in [5.41, 5.74) is 8.91. The van der Waals surface area contributed by atoms with Gasteiger partial charge in [-0.2, -0.15) is 0 Å². The standard InChI is InChI=1S/C20H27N3O2/c21-11-16-13-23(8-9-25-16)20(24)15-6-7-17-18(12-22-19(17)10-15)14-4-2-1-3-5-14/h6-7,10,12,14,16,22H,1-5,8-9,11,13,21H2/t16-/m0/s1. The number of nitrogens with one attached hydrogen (secondary N) is 1. The van der Waals surface area contributed by atoms with E-state index in [1.807, 2.05) is 17.0 Å². The number of nitrogens with two attached hydrogens (primary N) is 1. The van der Waals surface area contributed by atoms with Crippen molar-refractivity contribution in [3.8, 4) is 0 Å². The van der Waals surface area contributed by atoms with Crippen LogP contribution in [0.3, 0.4) is 0 Å². The average Bonchev–Trinajstić information content (AvgIpc) is 3.11. The molecule has 0 bridgehead atoms. The first-order valence-corrected chi connectivity index (χ1v) is 9.48. The highest BCUT2D eigenvalue weighted by Gasteiger charge is 2.25. The first kappa shape index (κ1) is 16.6. The van der Waals surface area contributed by atoms with Crippen LogP contribution < -0.4 is 5.73 Å². The van der Waals surface area contributed by atoms with Gasteiger partial charge in [0.15, 0.2) is 0 Å². The fourth-order valence-corrected chi connectivity index (χ4v) is 4.26. The van der Waals surface area contributed by atoms with E-state index in [9.17, 15) is 4.79 Å². The molecule has 2 fully saturated rings. The number of rotatable bonds is 3.